The molecule has 0 heterocycles. The molecule has 0 saturated carbocycles. The highest BCUT2D eigenvalue weighted by Gasteiger charge is 2.15. The lowest BCUT2D eigenvalue weighted by Crippen LogP contribution is -2.24. The van der Waals surface area contributed by atoms with Crippen molar-refractivity contribution in [3.05, 3.63) is 0 Å². The largest absolute Gasteiger partial charge is 0.460 e. The SMILES string of the molecule is CC(C)(C)OC(=O)CCOCCCCOSI. The molecule has 6 heteroatoms. The molecule has 0 radical (unpaired) electrons. The van der Waals surface area contributed by atoms with E-state index >= 15 is 0 Å². The van der Waals surface area contributed by atoms with Gasteiger partial charge in [0.05, 0.1) is 28.8 Å². The lowest BCUT2D eigenvalue weighted by molar-refractivity contribution is -0.156. The van der Waals surface area contributed by atoms with Crippen LogP contribution in [0.2, 0.25) is 0 Å². The van der Waals surface area contributed by atoms with Crippen LogP contribution in [0.15, 0.2) is 0 Å². The molecule has 0 aromatic heterocycles. The van der Waals surface area contributed by atoms with Crippen molar-refractivity contribution >= 4 is 36.4 Å². The van der Waals surface area contributed by atoms with E-state index in [9.17, 15) is 4.79 Å². The van der Waals surface area contributed by atoms with Crippen molar-refractivity contribution < 1.29 is 18.5 Å². The quantitative estimate of drug-likeness (QED) is 0.267. The molecule has 0 spiro atoms. The monoisotopic (exact) mass is 376 g/mol. The maximum Gasteiger partial charge on any atom is 0.308 e. The average Bonchev–Trinajstić information content (AvgIpc) is 2.19. The number of unbranched alkanes of at least 4 members (excludes halogenated alkanes) is 1. The number of hydrogen-bond acceptors (Lipinski definition) is 5. The van der Waals surface area contributed by atoms with Crippen molar-refractivity contribution in [2.75, 3.05) is 19.8 Å². The number of ether oxygens (including phenoxy) is 2. The third-order valence-electron chi connectivity index (χ3n) is 1.68. The Morgan fingerprint density at radius 2 is 1.82 bits per heavy atom. The van der Waals surface area contributed by atoms with Crippen LogP contribution < -0.4 is 0 Å². The van der Waals surface area contributed by atoms with Gasteiger partial charge in [0.2, 0.25) is 0 Å². The summed E-state index contributed by atoms with van der Waals surface area (Å²) in [5.74, 6) is -0.206. The molecule has 0 aliphatic rings. The number of rotatable bonds is 9. The van der Waals surface area contributed by atoms with Crippen LogP contribution in [-0.4, -0.2) is 31.4 Å². The Bertz CT molecular complexity index is 206. The fourth-order valence-electron chi connectivity index (χ4n) is 1.05. The molecule has 0 atom stereocenters. The van der Waals surface area contributed by atoms with E-state index in [-0.39, 0.29) is 5.97 Å². The minimum atomic E-state index is -0.411. The standard InChI is InChI=1S/C11H21IO4S/c1-11(2,3)16-10(13)6-9-14-7-4-5-8-15-17-12/h4-9H2,1-3H3. The average molecular weight is 376 g/mol. The first-order chi connectivity index (χ1) is 7.95. The molecule has 102 valence electrons. The minimum Gasteiger partial charge on any atom is -0.460 e. The van der Waals surface area contributed by atoms with Crippen molar-refractivity contribution in [3.63, 3.8) is 0 Å². The van der Waals surface area contributed by atoms with Crippen LogP contribution in [0.25, 0.3) is 0 Å². The van der Waals surface area contributed by atoms with Crippen molar-refractivity contribution in [2.45, 2.75) is 45.6 Å². The number of carbonyl (C=O) groups excluding carboxylic acids is 1. The highest BCUT2D eigenvalue weighted by atomic mass is 127. The zero-order valence-electron chi connectivity index (χ0n) is 10.7. The van der Waals surface area contributed by atoms with Gasteiger partial charge in [0.25, 0.3) is 0 Å². The highest BCUT2D eigenvalue weighted by Crippen LogP contribution is 2.12. The first-order valence-electron chi connectivity index (χ1n) is 5.65. The van der Waals surface area contributed by atoms with Gasteiger partial charge in [0.15, 0.2) is 0 Å². The Balaban J connectivity index is 3.25. The maximum atomic E-state index is 11.3. The van der Waals surface area contributed by atoms with Gasteiger partial charge in [-0.05, 0) is 33.6 Å². The summed E-state index contributed by atoms with van der Waals surface area (Å²) in [7, 11) is 1.35. The predicted molar refractivity (Wildman–Crippen MR) is 78.1 cm³/mol. The summed E-state index contributed by atoms with van der Waals surface area (Å²) in [5.41, 5.74) is -0.411. The first kappa shape index (κ1) is 17.5. The molecular weight excluding hydrogens is 355 g/mol. The van der Waals surface area contributed by atoms with Gasteiger partial charge in [-0.25, -0.2) is 0 Å². The minimum absolute atomic E-state index is 0.206. The third-order valence-corrected chi connectivity index (χ3v) is 2.70. The normalized spacial score (nSPS) is 11.5. The van der Waals surface area contributed by atoms with Gasteiger partial charge in [-0.15, -0.1) is 0 Å². The van der Waals surface area contributed by atoms with Crippen LogP contribution in [0.5, 0.6) is 0 Å². The maximum absolute atomic E-state index is 11.3. The van der Waals surface area contributed by atoms with Gasteiger partial charge in [0, 0.05) is 27.8 Å². The predicted octanol–water partition coefficient (Wildman–Crippen LogP) is 3.53. The smallest absolute Gasteiger partial charge is 0.308 e. The molecule has 0 aromatic rings. The van der Waals surface area contributed by atoms with Crippen LogP contribution in [0.1, 0.15) is 40.0 Å². The molecule has 0 rings (SSSR count). The van der Waals surface area contributed by atoms with E-state index in [0.717, 1.165) is 19.4 Å². The van der Waals surface area contributed by atoms with Crippen LogP contribution in [-0.2, 0) is 18.5 Å². The molecule has 4 nitrogen and oxygen atoms in total. The molecule has 0 unspecified atom stereocenters. The molecule has 0 amide bonds. The van der Waals surface area contributed by atoms with Crippen molar-refractivity contribution in [1.82, 2.24) is 0 Å². The molecule has 0 aliphatic carbocycles. The number of hydrogen-bond donors (Lipinski definition) is 0. The van der Waals surface area contributed by atoms with E-state index < -0.39 is 5.60 Å². The zero-order chi connectivity index (χ0) is 13.1. The highest BCUT2D eigenvalue weighted by molar-refractivity contribution is 14.2. The molecule has 17 heavy (non-hydrogen) atoms. The lowest BCUT2D eigenvalue weighted by atomic mass is 10.2. The summed E-state index contributed by atoms with van der Waals surface area (Å²) < 4.78 is 15.6. The summed E-state index contributed by atoms with van der Waals surface area (Å²) in [4.78, 5) is 11.3. The van der Waals surface area contributed by atoms with Gasteiger partial charge in [-0.3, -0.25) is 4.79 Å². The van der Waals surface area contributed by atoms with Gasteiger partial charge in [-0.2, -0.15) is 0 Å². The zero-order valence-corrected chi connectivity index (χ0v) is 13.6. The molecule has 0 saturated heterocycles. The summed E-state index contributed by atoms with van der Waals surface area (Å²) >= 11 is 2.09. The van der Waals surface area contributed by atoms with Crippen molar-refractivity contribution in [3.8, 4) is 0 Å². The lowest BCUT2D eigenvalue weighted by Gasteiger charge is -2.19. The molecule has 0 aromatic carbocycles. The summed E-state index contributed by atoms with van der Waals surface area (Å²) in [6.45, 7) is 7.41. The van der Waals surface area contributed by atoms with E-state index in [0.29, 0.717) is 19.6 Å². The fourth-order valence-corrected chi connectivity index (χ4v) is 1.77. The van der Waals surface area contributed by atoms with Crippen LogP contribution in [0, 0.1) is 0 Å². The van der Waals surface area contributed by atoms with E-state index in [2.05, 4.69) is 21.2 Å². The fraction of sp³-hybridized carbons (Fsp3) is 0.909. The van der Waals surface area contributed by atoms with E-state index in [1.807, 2.05) is 20.8 Å². The molecule has 0 aliphatic heterocycles. The van der Waals surface area contributed by atoms with Crippen molar-refractivity contribution in [1.29, 1.82) is 0 Å². The van der Waals surface area contributed by atoms with Gasteiger partial charge >= 0.3 is 5.97 Å². The van der Waals surface area contributed by atoms with Gasteiger partial charge in [0.1, 0.15) is 5.60 Å². The van der Waals surface area contributed by atoms with E-state index in [1.54, 1.807) is 0 Å². The Hall–Kier alpha value is 0.470. The molecular formula is C11H21IO4S. The van der Waals surface area contributed by atoms with Crippen LogP contribution >= 0.6 is 30.4 Å². The topological polar surface area (TPSA) is 44.8 Å². The van der Waals surface area contributed by atoms with Crippen molar-refractivity contribution in [2.24, 2.45) is 0 Å². The second-order valence-electron chi connectivity index (χ2n) is 4.54. The number of esters is 1. The Morgan fingerprint density at radius 1 is 1.18 bits per heavy atom. The number of halogens is 1. The Labute approximate surface area is 120 Å². The van der Waals surface area contributed by atoms with Gasteiger partial charge in [-0.1, -0.05) is 0 Å². The third kappa shape index (κ3) is 14.4. The van der Waals surface area contributed by atoms with Crippen LogP contribution in [0.4, 0.5) is 0 Å². The van der Waals surface area contributed by atoms with E-state index in [4.69, 9.17) is 13.7 Å². The summed E-state index contributed by atoms with van der Waals surface area (Å²) in [6.07, 6.45) is 2.24. The molecule has 0 N–H and O–H groups in total. The Morgan fingerprint density at radius 3 is 2.41 bits per heavy atom. The second kappa shape index (κ2) is 10.4. The summed E-state index contributed by atoms with van der Waals surface area (Å²) in [6, 6.07) is 0. The summed E-state index contributed by atoms with van der Waals surface area (Å²) in [5, 5.41) is 0. The second-order valence-corrected chi connectivity index (χ2v) is 5.98. The Kier molecular flexibility index (Phi) is 10.7. The first-order valence-corrected chi connectivity index (χ1v) is 8.94. The van der Waals surface area contributed by atoms with Gasteiger partial charge < -0.3 is 13.7 Å². The van der Waals surface area contributed by atoms with E-state index in [1.165, 1.54) is 9.21 Å². The molecule has 0 bridgehead atoms. The number of carbonyl (C=O) groups is 1. The van der Waals surface area contributed by atoms with Crippen LogP contribution in [0.3, 0.4) is 0 Å². The molecule has 0 fully saturated rings.